The average Bonchev–Trinajstić information content (AvgIpc) is 2.82. The molecule has 1 amide bonds. The summed E-state index contributed by atoms with van der Waals surface area (Å²) in [5.74, 6) is -0.461. The van der Waals surface area contributed by atoms with Gasteiger partial charge in [-0.15, -0.1) is 0 Å². The highest BCUT2D eigenvalue weighted by atomic mass is 32.2. The Morgan fingerprint density at radius 2 is 1.70 bits per heavy atom. The van der Waals surface area contributed by atoms with E-state index in [2.05, 4.69) is 5.32 Å². The monoisotopic (exact) mass is 472 g/mol. The first-order valence-corrected chi connectivity index (χ1v) is 12.7. The summed E-state index contributed by atoms with van der Waals surface area (Å²) in [5.41, 5.74) is 2.45. The lowest BCUT2D eigenvalue weighted by Crippen LogP contribution is -2.42. The number of Topliss-reactive ketones (excluding diaryl/α,β-unsaturated/α-hetero) is 1. The second-order valence-electron chi connectivity index (χ2n) is 8.66. The number of hydrogen-bond acceptors (Lipinski definition) is 5. The molecule has 3 rings (SSSR count). The van der Waals surface area contributed by atoms with Crippen molar-refractivity contribution in [1.29, 1.82) is 0 Å². The Balaban J connectivity index is 1.50. The van der Waals surface area contributed by atoms with E-state index < -0.39 is 10.0 Å². The lowest BCUT2D eigenvalue weighted by atomic mass is 9.97. The van der Waals surface area contributed by atoms with Gasteiger partial charge in [-0.05, 0) is 56.9 Å². The van der Waals surface area contributed by atoms with Crippen LogP contribution < -0.4 is 5.32 Å². The van der Waals surface area contributed by atoms with Gasteiger partial charge in [0.05, 0.1) is 17.6 Å². The summed E-state index contributed by atoms with van der Waals surface area (Å²) in [5, 5.41) is 2.97. The Morgan fingerprint density at radius 3 is 2.30 bits per heavy atom. The maximum absolute atomic E-state index is 13.0. The average molecular weight is 473 g/mol. The zero-order chi connectivity index (χ0) is 24.0. The van der Waals surface area contributed by atoms with Crippen LogP contribution in [0.4, 0.5) is 0 Å². The van der Waals surface area contributed by atoms with E-state index >= 15 is 0 Å². The maximum Gasteiger partial charge on any atom is 0.243 e. The number of nitrogens with zero attached hydrogens (tertiary/aromatic N) is 1. The molecule has 0 radical (unpaired) electrons. The smallest absolute Gasteiger partial charge is 0.243 e. The van der Waals surface area contributed by atoms with Gasteiger partial charge in [0.15, 0.2) is 5.78 Å². The third-order valence-electron chi connectivity index (χ3n) is 5.78. The molecule has 7 nitrogen and oxygen atoms in total. The summed E-state index contributed by atoms with van der Waals surface area (Å²) in [6.45, 7) is 6.94. The van der Waals surface area contributed by atoms with E-state index in [4.69, 9.17) is 4.74 Å². The molecule has 0 spiro atoms. The van der Waals surface area contributed by atoms with Crippen molar-refractivity contribution in [1.82, 2.24) is 9.62 Å². The SMILES string of the molecule is CC(=O)c1cccc(S(=O)(=O)N2CCC(C(=O)NCc3ccc(COC(C)C)cc3)CC2)c1. The molecule has 0 bridgehead atoms. The van der Waals surface area contributed by atoms with Gasteiger partial charge < -0.3 is 10.1 Å². The van der Waals surface area contributed by atoms with Crippen molar-refractivity contribution in [2.24, 2.45) is 5.92 Å². The highest BCUT2D eigenvalue weighted by Gasteiger charge is 2.32. The molecular weight excluding hydrogens is 440 g/mol. The van der Waals surface area contributed by atoms with Crippen LogP contribution in [0, 0.1) is 5.92 Å². The Hall–Kier alpha value is -2.55. The van der Waals surface area contributed by atoms with E-state index in [0.29, 0.717) is 31.6 Å². The first-order chi connectivity index (χ1) is 15.7. The van der Waals surface area contributed by atoms with Crippen LogP contribution in [-0.4, -0.2) is 43.6 Å². The molecule has 0 atom stereocenters. The van der Waals surface area contributed by atoms with Gasteiger partial charge in [0, 0.05) is 31.1 Å². The summed E-state index contributed by atoms with van der Waals surface area (Å²) in [6.07, 6.45) is 1.10. The van der Waals surface area contributed by atoms with E-state index in [9.17, 15) is 18.0 Å². The van der Waals surface area contributed by atoms with E-state index in [-0.39, 0.29) is 41.7 Å². The van der Waals surface area contributed by atoms with E-state index in [1.165, 1.54) is 23.4 Å². The number of nitrogens with one attached hydrogen (secondary N) is 1. The van der Waals surface area contributed by atoms with Crippen molar-refractivity contribution in [3.63, 3.8) is 0 Å². The first-order valence-electron chi connectivity index (χ1n) is 11.2. The molecule has 0 aromatic heterocycles. The number of ether oxygens (including phenoxy) is 1. The maximum atomic E-state index is 13.0. The molecule has 0 unspecified atom stereocenters. The Bertz CT molecular complexity index is 1070. The van der Waals surface area contributed by atoms with Crippen LogP contribution in [0.2, 0.25) is 0 Å². The van der Waals surface area contributed by atoms with Gasteiger partial charge in [0.2, 0.25) is 15.9 Å². The minimum atomic E-state index is -3.70. The third kappa shape index (κ3) is 6.72. The molecule has 1 aliphatic rings. The van der Waals surface area contributed by atoms with Gasteiger partial charge >= 0.3 is 0 Å². The molecule has 8 heteroatoms. The lowest BCUT2D eigenvalue weighted by molar-refractivity contribution is -0.126. The number of amides is 1. The fourth-order valence-corrected chi connectivity index (χ4v) is 5.25. The Kier molecular flexibility index (Phi) is 8.40. The van der Waals surface area contributed by atoms with Gasteiger partial charge in [-0.2, -0.15) is 4.31 Å². The third-order valence-corrected chi connectivity index (χ3v) is 7.67. The fraction of sp³-hybridized carbons (Fsp3) is 0.440. The predicted molar refractivity (Wildman–Crippen MR) is 126 cm³/mol. The summed E-state index contributed by atoms with van der Waals surface area (Å²) < 4.78 is 32.9. The topological polar surface area (TPSA) is 92.8 Å². The van der Waals surface area contributed by atoms with Gasteiger partial charge in [-0.3, -0.25) is 9.59 Å². The Morgan fingerprint density at radius 1 is 1.06 bits per heavy atom. The molecule has 178 valence electrons. The number of carbonyl (C=O) groups excluding carboxylic acids is 2. The van der Waals surface area contributed by atoms with Crippen molar-refractivity contribution in [3.8, 4) is 0 Å². The molecule has 2 aromatic rings. The van der Waals surface area contributed by atoms with Crippen LogP contribution in [0.25, 0.3) is 0 Å². The van der Waals surface area contributed by atoms with Crippen molar-refractivity contribution >= 4 is 21.7 Å². The van der Waals surface area contributed by atoms with Crippen LogP contribution in [0.5, 0.6) is 0 Å². The minimum absolute atomic E-state index is 0.0576. The minimum Gasteiger partial charge on any atom is -0.374 e. The molecule has 0 saturated carbocycles. The Labute approximate surface area is 196 Å². The van der Waals surface area contributed by atoms with Crippen LogP contribution in [0.15, 0.2) is 53.4 Å². The highest BCUT2D eigenvalue weighted by molar-refractivity contribution is 7.89. The van der Waals surface area contributed by atoms with E-state index in [1.807, 2.05) is 38.1 Å². The van der Waals surface area contributed by atoms with Crippen molar-refractivity contribution in [3.05, 3.63) is 65.2 Å². The van der Waals surface area contributed by atoms with Crippen LogP contribution in [0.3, 0.4) is 0 Å². The summed E-state index contributed by atoms with van der Waals surface area (Å²) in [4.78, 5) is 24.3. The van der Waals surface area contributed by atoms with Crippen LogP contribution >= 0.6 is 0 Å². The highest BCUT2D eigenvalue weighted by Crippen LogP contribution is 2.25. The number of carbonyl (C=O) groups is 2. The van der Waals surface area contributed by atoms with Crippen molar-refractivity contribution in [2.75, 3.05) is 13.1 Å². The summed E-state index contributed by atoms with van der Waals surface area (Å²) in [7, 11) is -3.70. The van der Waals surface area contributed by atoms with E-state index in [0.717, 1.165) is 11.1 Å². The number of piperidine rings is 1. The number of hydrogen-bond donors (Lipinski definition) is 1. The zero-order valence-corrected chi connectivity index (χ0v) is 20.2. The van der Waals surface area contributed by atoms with Gasteiger partial charge in [-0.1, -0.05) is 36.4 Å². The molecule has 1 saturated heterocycles. The van der Waals surface area contributed by atoms with Crippen LogP contribution in [-0.2, 0) is 32.7 Å². The molecule has 33 heavy (non-hydrogen) atoms. The van der Waals surface area contributed by atoms with E-state index in [1.54, 1.807) is 12.1 Å². The molecule has 1 heterocycles. The second kappa shape index (κ2) is 11.0. The molecule has 1 fully saturated rings. The molecule has 2 aromatic carbocycles. The van der Waals surface area contributed by atoms with Crippen LogP contribution in [0.1, 0.15) is 55.1 Å². The van der Waals surface area contributed by atoms with Gasteiger partial charge in [-0.25, -0.2) is 8.42 Å². The number of ketones is 1. The molecular formula is C25H32N2O5S. The van der Waals surface area contributed by atoms with Crippen molar-refractivity contribution < 1.29 is 22.7 Å². The van der Waals surface area contributed by atoms with Gasteiger partial charge in [0.25, 0.3) is 0 Å². The lowest BCUT2D eigenvalue weighted by Gasteiger charge is -2.30. The summed E-state index contributed by atoms with van der Waals surface area (Å²) >= 11 is 0. The van der Waals surface area contributed by atoms with Gasteiger partial charge in [0.1, 0.15) is 0 Å². The molecule has 1 aliphatic heterocycles. The number of benzene rings is 2. The second-order valence-corrected chi connectivity index (χ2v) is 10.6. The first kappa shape index (κ1) is 25.1. The fourth-order valence-electron chi connectivity index (χ4n) is 3.73. The zero-order valence-electron chi connectivity index (χ0n) is 19.4. The quantitative estimate of drug-likeness (QED) is 0.564. The van der Waals surface area contributed by atoms with Crippen molar-refractivity contribution in [2.45, 2.75) is 57.8 Å². The number of rotatable bonds is 9. The number of sulfonamides is 1. The molecule has 1 N–H and O–H groups in total. The molecule has 0 aliphatic carbocycles. The normalized spacial score (nSPS) is 15.5. The predicted octanol–water partition coefficient (Wildman–Crippen LogP) is 3.53. The largest absolute Gasteiger partial charge is 0.374 e. The standard InChI is InChI=1S/C25H32N2O5S/c1-18(2)32-17-21-9-7-20(8-10-21)16-26-25(29)22-11-13-27(14-12-22)33(30,31)24-6-4-5-23(15-24)19(3)28/h4-10,15,18,22H,11-14,16-17H2,1-3H3,(H,26,29). The summed E-state index contributed by atoms with van der Waals surface area (Å²) in [6, 6.07) is 14.0.